The maximum Gasteiger partial charge on any atom is 0.137 e. The highest BCUT2D eigenvalue weighted by molar-refractivity contribution is 5.86. The Kier molecular flexibility index (Phi) is 3.30. The van der Waals surface area contributed by atoms with Crippen molar-refractivity contribution in [3.63, 3.8) is 0 Å². The zero-order chi connectivity index (χ0) is 11.5. The molecule has 2 aromatic rings. The maximum atomic E-state index is 5.65. The molecule has 2 heteroatoms. The topological polar surface area (TPSA) is 25.2 Å². The van der Waals surface area contributed by atoms with Gasteiger partial charge < -0.3 is 9.73 Å². The smallest absolute Gasteiger partial charge is 0.137 e. The fourth-order valence-corrected chi connectivity index (χ4v) is 2.06. The lowest BCUT2D eigenvalue weighted by molar-refractivity contribution is 0.599. The Hall–Kier alpha value is -1.28. The van der Waals surface area contributed by atoms with Crippen molar-refractivity contribution in [1.29, 1.82) is 0 Å². The molecule has 0 aliphatic heterocycles. The third-order valence-corrected chi connectivity index (χ3v) is 2.95. The first-order valence-corrected chi connectivity index (χ1v) is 5.91. The number of hydrogen-bond donors (Lipinski definition) is 1. The predicted octanol–water partition coefficient (Wildman–Crippen LogP) is 3.55. The first-order chi connectivity index (χ1) is 7.74. The van der Waals surface area contributed by atoms with Gasteiger partial charge in [0.05, 0.1) is 6.26 Å². The number of nitrogens with one attached hydrogen (secondary N) is 1. The molecule has 0 saturated carbocycles. The van der Waals surface area contributed by atoms with Crippen LogP contribution >= 0.6 is 0 Å². The fraction of sp³-hybridized carbons (Fsp3) is 0.429. The first-order valence-electron chi connectivity index (χ1n) is 5.91. The quantitative estimate of drug-likeness (QED) is 0.792. The van der Waals surface area contributed by atoms with E-state index in [-0.39, 0.29) is 0 Å². The molecule has 0 unspecified atom stereocenters. The Balaban J connectivity index is 2.36. The number of fused-ring (bicyclic) bond motifs is 1. The number of hydrogen-bond acceptors (Lipinski definition) is 2. The average Bonchev–Trinajstić information content (AvgIpc) is 2.69. The molecule has 1 aromatic heterocycles. The summed E-state index contributed by atoms with van der Waals surface area (Å²) in [6.07, 6.45) is 3.04. The highest BCUT2D eigenvalue weighted by atomic mass is 16.3. The van der Waals surface area contributed by atoms with E-state index >= 15 is 0 Å². The Bertz CT molecular complexity index is 485. The third kappa shape index (κ3) is 1.98. The van der Waals surface area contributed by atoms with Gasteiger partial charge in [-0.2, -0.15) is 0 Å². The van der Waals surface area contributed by atoms with Gasteiger partial charge in [0.1, 0.15) is 5.58 Å². The number of aryl methyl sites for hydroxylation is 2. The summed E-state index contributed by atoms with van der Waals surface area (Å²) in [4.78, 5) is 0. The molecule has 0 saturated heterocycles. The summed E-state index contributed by atoms with van der Waals surface area (Å²) < 4.78 is 5.65. The second-order valence-electron chi connectivity index (χ2n) is 4.34. The Morgan fingerprint density at radius 3 is 2.69 bits per heavy atom. The van der Waals surface area contributed by atoms with E-state index in [4.69, 9.17) is 4.42 Å². The van der Waals surface area contributed by atoms with Gasteiger partial charge in [0.2, 0.25) is 0 Å². The largest absolute Gasteiger partial charge is 0.464 e. The molecule has 2 nitrogen and oxygen atoms in total. The lowest BCUT2D eigenvalue weighted by Crippen LogP contribution is -2.13. The van der Waals surface area contributed by atoms with Crippen LogP contribution in [0, 0.1) is 13.8 Å². The normalized spacial score (nSPS) is 11.2. The summed E-state index contributed by atoms with van der Waals surface area (Å²) in [5, 5.41) is 4.70. The van der Waals surface area contributed by atoms with Crippen molar-refractivity contribution >= 4 is 11.0 Å². The van der Waals surface area contributed by atoms with Crippen molar-refractivity contribution in [3.8, 4) is 0 Å². The molecule has 0 fully saturated rings. The summed E-state index contributed by atoms with van der Waals surface area (Å²) in [5.41, 5.74) is 4.81. The van der Waals surface area contributed by atoms with Crippen LogP contribution in [-0.4, -0.2) is 6.54 Å². The highest BCUT2D eigenvalue weighted by Crippen LogP contribution is 2.27. The van der Waals surface area contributed by atoms with Gasteiger partial charge >= 0.3 is 0 Å². The van der Waals surface area contributed by atoms with Gasteiger partial charge in [-0.05, 0) is 37.9 Å². The van der Waals surface area contributed by atoms with Crippen molar-refractivity contribution in [1.82, 2.24) is 5.32 Å². The van der Waals surface area contributed by atoms with E-state index in [0.29, 0.717) is 0 Å². The van der Waals surface area contributed by atoms with Gasteiger partial charge in [-0.3, -0.25) is 0 Å². The molecule has 0 radical (unpaired) electrons. The summed E-state index contributed by atoms with van der Waals surface area (Å²) >= 11 is 0. The van der Waals surface area contributed by atoms with E-state index in [2.05, 4.69) is 38.2 Å². The number of benzene rings is 1. The van der Waals surface area contributed by atoms with Gasteiger partial charge in [0.25, 0.3) is 0 Å². The standard InChI is InChI=1S/C14H19NO/c1-4-7-15-8-12-9-16-14-11(3)6-5-10(2)13(12)14/h5-6,9,15H,4,7-8H2,1-3H3. The fourth-order valence-electron chi connectivity index (χ4n) is 2.06. The molecule has 0 bridgehead atoms. The van der Waals surface area contributed by atoms with Crippen molar-refractivity contribution in [2.24, 2.45) is 0 Å². The molecule has 1 aromatic carbocycles. The molecule has 0 aliphatic carbocycles. The van der Waals surface area contributed by atoms with Crippen LogP contribution in [0.2, 0.25) is 0 Å². The van der Waals surface area contributed by atoms with Crippen LogP contribution in [0.1, 0.15) is 30.0 Å². The molecular formula is C14H19NO. The molecule has 0 atom stereocenters. The molecule has 86 valence electrons. The van der Waals surface area contributed by atoms with E-state index in [1.165, 1.54) is 22.1 Å². The second kappa shape index (κ2) is 4.71. The van der Waals surface area contributed by atoms with Crippen molar-refractivity contribution in [2.75, 3.05) is 6.54 Å². The molecule has 1 N–H and O–H groups in total. The van der Waals surface area contributed by atoms with Crippen LogP contribution in [0.4, 0.5) is 0 Å². The highest BCUT2D eigenvalue weighted by Gasteiger charge is 2.09. The van der Waals surface area contributed by atoms with Crippen LogP contribution in [0.25, 0.3) is 11.0 Å². The van der Waals surface area contributed by atoms with E-state index < -0.39 is 0 Å². The van der Waals surface area contributed by atoms with Crippen LogP contribution in [0.3, 0.4) is 0 Å². The third-order valence-electron chi connectivity index (χ3n) is 2.95. The summed E-state index contributed by atoms with van der Waals surface area (Å²) in [6.45, 7) is 8.35. The number of furan rings is 1. The molecule has 0 amide bonds. The van der Waals surface area contributed by atoms with Gasteiger partial charge in [0, 0.05) is 17.5 Å². The molecule has 0 spiro atoms. The Morgan fingerprint density at radius 1 is 1.19 bits per heavy atom. The minimum atomic E-state index is 0.894. The van der Waals surface area contributed by atoms with Gasteiger partial charge in [-0.25, -0.2) is 0 Å². The monoisotopic (exact) mass is 217 g/mol. The van der Waals surface area contributed by atoms with E-state index in [0.717, 1.165) is 25.1 Å². The first kappa shape index (κ1) is 11.2. The molecule has 0 aliphatic rings. The molecule has 16 heavy (non-hydrogen) atoms. The summed E-state index contributed by atoms with van der Waals surface area (Å²) in [6, 6.07) is 4.28. The zero-order valence-electron chi connectivity index (χ0n) is 10.3. The molecule has 2 rings (SSSR count). The van der Waals surface area contributed by atoms with Gasteiger partial charge in [-0.15, -0.1) is 0 Å². The average molecular weight is 217 g/mol. The maximum absolute atomic E-state index is 5.65. The van der Waals surface area contributed by atoms with E-state index in [9.17, 15) is 0 Å². The SMILES string of the molecule is CCCNCc1coc2c(C)ccc(C)c12. The van der Waals surface area contributed by atoms with E-state index in [1.54, 1.807) is 0 Å². The summed E-state index contributed by atoms with van der Waals surface area (Å²) in [7, 11) is 0. The van der Waals surface area contributed by atoms with Crippen LogP contribution in [-0.2, 0) is 6.54 Å². The van der Waals surface area contributed by atoms with Gasteiger partial charge in [-0.1, -0.05) is 19.1 Å². The minimum Gasteiger partial charge on any atom is -0.464 e. The lowest BCUT2D eigenvalue weighted by atomic mass is 10.0. The molecule has 1 heterocycles. The minimum absolute atomic E-state index is 0.894. The Morgan fingerprint density at radius 2 is 1.94 bits per heavy atom. The van der Waals surface area contributed by atoms with Gasteiger partial charge in [0.15, 0.2) is 0 Å². The molecular weight excluding hydrogens is 198 g/mol. The van der Waals surface area contributed by atoms with E-state index in [1.807, 2.05) is 6.26 Å². The van der Waals surface area contributed by atoms with Crippen molar-refractivity contribution in [2.45, 2.75) is 33.7 Å². The van der Waals surface area contributed by atoms with Crippen molar-refractivity contribution < 1.29 is 4.42 Å². The summed E-state index contributed by atoms with van der Waals surface area (Å²) in [5.74, 6) is 0. The Labute approximate surface area is 96.6 Å². The zero-order valence-corrected chi connectivity index (χ0v) is 10.3. The van der Waals surface area contributed by atoms with Crippen LogP contribution in [0.5, 0.6) is 0 Å². The lowest BCUT2D eigenvalue weighted by Gasteiger charge is -2.03. The number of rotatable bonds is 4. The van der Waals surface area contributed by atoms with Crippen LogP contribution < -0.4 is 5.32 Å². The van der Waals surface area contributed by atoms with Crippen molar-refractivity contribution in [3.05, 3.63) is 35.1 Å². The predicted molar refractivity (Wildman–Crippen MR) is 67.7 cm³/mol. The second-order valence-corrected chi connectivity index (χ2v) is 4.34. The van der Waals surface area contributed by atoms with Crippen LogP contribution in [0.15, 0.2) is 22.8 Å².